The minimum absolute atomic E-state index is 0.108. The Kier molecular flexibility index (Phi) is 4.78. The Morgan fingerprint density at radius 2 is 1.95 bits per heavy atom. The zero-order chi connectivity index (χ0) is 15.4. The van der Waals surface area contributed by atoms with Crippen molar-refractivity contribution in [3.8, 4) is 0 Å². The van der Waals surface area contributed by atoms with Crippen molar-refractivity contribution in [2.75, 3.05) is 5.32 Å². The summed E-state index contributed by atoms with van der Waals surface area (Å²) >= 11 is 0. The molecule has 0 saturated heterocycles. The number of benzene rings is 1. The first kappa shape index (κ1) is 15.3. The molecule has 0 aliphatic rings. The summed E-state index contributed by atoms with van der Waals surface area (Å²) in [5.41, 5.74) is 3.63. The topological polar surface area (TPSA) is 46.9 Å². The van der Waals surface area contributed by atoms with Crippen LogP contribution in [0.2, 0.25) is 0 Å². The number of anilines is 1. The molecule has 2 rings (SSSR count). The minimum Gasteiger partial charge on any atom is -0.322 e. The van der Waals surface area contributed by atoms with Gasteiger partial charge in [0.2, 0.25) is 0 Å². The summed E-state index contributed by atoms with van der Waals surface area (Å²) in [7, 11) is 0. The Morgan fingerprint density at radius 3 is 2.48 bits per heavy atom. The molecule has 0 aliphatic carbocycles. The smallest absolute Gasteiger partial charge is 0.259 e. The van der Waals surface area contributed by atoms with Gasteiger partial charge in [0.15, 0.2) is 0 Å². The summed E-state index contributed by atoms with van der Waals surface area (Å²) in [6.07, 6.45) is 2.74. The highest BCUT2D eigenvalue weighted by atomic mass is 16.1. The lowest BCUT2D eigenvalue weighted by molar-refractivity contribution is 0.102. The minimum atomic E-state index is -0.108. The van der Waals surface area contributed by atoms with E-state index >= 15 is 0 Å². The second kappa shape index (κ2) is 6.57. The quantitative estimate of drug-likeness (QED) is 0.903. The lowest BCUT2D eigenvalue weighted by atomic mass is 9.98. The van der Waals surface area contributed by atoms with Crippen LogP contribution in [0.1, 0.15) is 54.7 Å². The maximum atomic E-state index is 12.3. The fourth-order valence-corrected chi connectivity index (χ4v) is 2.32. The second-order valence-corrected chi connectivity index (χ2v) is 5.34. The maximum Gasteiger partial charge on any atom is 0.259 e. The van der Waals surface area contributed by atoms with Gasteiger partial charge in [0.25, 0.3) is 5.91 Å². The van der Waals surface area contributed by atoms with Crippen LogP contribution < -0.4 is 5.32 Å². The number of aryl methyl sites for hydroxylation is 1. The molecule has 2 aromatic rings. The van der Waals surface area contributed by atoms with Crippen molar-refractivity contribution in [3.05, 3.63) is 47.3 Å². The summed E-state index contributed by atoms with van der Waals surface area (Å²) < 4.78 is 1.82. The van der Waals surface area contributed by atoms with Crippen molar-refractivity contribution in [2.45, 2.75) is 46.6 Å². The Labute approximate surface area is 126 Å². The number of nitrogens with zero attached hydrogens (tertiary/aromatic N) is 2. The predicted octanol–water partition coefficient (Wildman–Crippen LogP) is 3.98. The van der Waals surface area contributed by atoms with E-state index in [4.69, 9.17) is 0 Å². The van der Waals surface area contributed by atoms with Crippen LogP contribution in [0.25, 0.3) is 0 Å². The normalized spacial score (nSPS) is 12.2. The molecular formula is C17H23N3O. The lowest BCUT2D eigenvalue weighted by Gasteiger charge is -2.10. The molecule has 4 heteroatoms. The van der Waals surface area contributed by atoms with E-state index in [1.165, 1.54) is 5.56 Å². The number of carbonyl (C=O) groups excluding carboxylic acids is 1. The standard InChI is InChI=1S/C17H23N3O/c1-5-12(3)14-7-9-15(10-8-14)19-17(21)16-11-18-20(6-2)13(16)4/h7-12H,5-6H2,1-4H3,(H,19,21)/t12-/m1/s1. The van der Waals surface area contributed by atoms with Crippen molar-refractivity contribution >= 4 is 11.6 Å². The van der Waals surface area contributed by atoms with Crippen LogP contribution in [-0.2, 0) is 6.54 Å². The molecule has 0 unspecified atom stereocenters. The van der Waals surface area contributed by atoms with Crippen molar-refractivity contribution in [1.29, 1.82) is 0 Å². The molecule has 1 N–H and O–H groups in total. The van der Waals surface area contributed by atoms with Crippen molar-refractivity contribution < 1.29 is 4.79 Å². The molecule has 0 fully saturated rings. The Morgan fingerprint density at radius 1 is 1.29 bits per heavy atom. The molecule has 0 bridgehead atoms. The van der Waals surface area contributed by atoms with Gasteiger partial charge >= 0.3 is 0 Å². The Hall–Kier alpha value is -2.10. The van der Waals surface area contributed by atoms with E-state index in [2.05, 4.69) is 36.4 Å². The molecule has 0 radical (unpaired) electrons. The third-order valence-electron chi connectivity index (χ3n) is 4.00. The molecule has 1 atom stereocenters. The highest BCUT2D eigenvalue weighted by Gasteiger charge is 2.13. The van der Waals surface area contributed by atoms with Gasteiger partial charge in [0.05, 0.1) is 11.8 Å². The molecule has 0 saturated carbocycles. The number of rotatable bonds is 5. The van der Waals surface area contributed by atoms with E-state index in [0.29, 0.717) is 11.5 Å². The van der Waals surface area contributed by atoms with Gasteiger partial charge < -0.3 is 5.32 Å². The molecule has 0 spiro atoms. The number of nitrogens with one attached hydrogen (secondary N) is 1. The van der Waals surface area contributed by atoms with Crippen molar-refractivity contribution in [3.63, 3.8) is 0 Å². The van der Waals surface area contributed by atoms with E-state index < -0.39 is 0 Å². The first-order valence-electron chi connectivity index (χ1n) is 7.50. The van der Waals surface area contributed by atoms with E-state index in [0.717, 1.165) is 24.3 Å². The molecule has 1 amide bonds. The van der Waals surface area contributed by atoms with Crippen LogP contribution in [-0.4, -0.2) is 15.7 Å². The van der Waals surface area contributed by atoms with Crippen molar-refractivity contribution in [1.82, 2.24) is 9.78 Å². The summed E-state index contributed by atoms with van der Waals surface area (Å²) in [6.45, 7) is 9.07. The number of amides is 1. The second-order valence-electron chi connectivity index (χ2n) is 5.34. The zero-order valence-electron chi connectivity index (χ0n) is 13.2. The average molecular weight is 285 g/mol. The van der Waals surface area contributed by atoms with Crippen LogP contribution in [0.15, 0.2) is 30.5 Å². The predicted molar refractivity (Wildman–Crippen MR) is 85.7 cm³/mol. The molecular weight excluding hydrogens is 262 g/mol. The molecule has 1 heterocycles. The highest BCUT2D eigenvalue weighted by molar-refractivity contribution is 6.04. The summed E-state index contributed by atoms with van der Waals surface area (Å²) in [6, 6.07) is 8.07. The van der Waals surface area contributed by atoms with Crippen LogP contribution in [0.3, 0.4) is 0 Å². The lowest BCUT2D eigenvalue weighted by Crippen LogP contribution is -2.13. The maximum absolute atomic E-state index is 12.3. The van der Waals surface area contributed by atoms with Crippen LogP contribution in [0.4, 0.5) is 5.69 Å². The molecule has 4 nitrogen and oxygen atoms in total. The third-order valence-corrected chi connectivity index (χ3v) is 4.00. The van der Waals surface area contributed by atoms with Gasteiger partial charge in [-0.25, -0.2) is 0 Å². The molecule has 1 aromatic heterocycles. The Balaban J connectivity index is 2.10. The number of hydrogen-bond acceptors (Lipinski definition) is 2. The van der Waals surface area contributed by atoms with Crippen LogP contribution in [0.5, 0.6) is 0 Å². The number of carbonyl (C=O) groups is 1. The van der Waals surface area contributed by atoms with Crippen LogP contribution in [0, 0.1) is 6.92 Å². The molecule has 1 aromatic carbocycles. The average Bonchev–Trinajstić information content (AvgIpc) is 2.88. The summed E-state index contributed by atoms with van der Waals surface area (Å²) in [5, 5.41) is 7.13. The zero-order valence-corrected chi connectivity index (χ0v) is 13.2. The van der Waals surface area contributed by atoms with E-state index in [1.54, 1.807) is 6.20 Å². The SMILES string of the molecule is CC[C@@H](C)c1ccc(NC(=O)c2cnn(CC)c2C)cc1. The van der Waals surface area contributed by atoms with Crippen molar-refractivity contribution in [2.24, 2.45) is 0 Å². The van der Waals surface area contributed by atoms with Gasteiger partial charge in [-0.1, -0.05) is 26.0 Å². The van der Waals surface area contributed by atoms with Gasteiger partial charge in [-0.15, -0.1) is 0 Å². The largest absolute Gasteiger partial charge is 0.322 e. The molecule has 0 aliphatic heterocycles. The first-order valence-corrected chi connectivity index (χ1v) is 7.50. The molecule has 21 heavy (non-hydrogen) atoms. The first-order chi connectivity index (χ1) is 10.1. The van der Waals surface area contributed by atoms with E-state index in [9.17, 15) is 4.79 Å². The summed E-state index contributed by atoms with van der Waals surface area (Å²) in [5.74, 6) is 0.434. The van der Waals surface area contributed by atoms with E-state index in [-0.39, 0.29) is 5.91 Å². The van der Waals surface area contributed by atoms with E-state index in [1.807, 2.05) is 30.7 Å². The van der Waals surface area contributed by atoms with Gasteiger partial charge in [-0.05, 0) is 43.9 Å². The fourth-order valence-electron chi connectivity index (χ4n) is 2.32. The molecule has 112 valence electrons. The summed E-state index contributed by atoms with van der Waals surface area (Å²) in [4.78, 5) is 12.3. The Bertz CT molecular complexity index is 613. The van der Waals surface area contributed by atoms with Gasteiger partial charge in [-0.2, -0.15) is 5.10 Å². The highest BCUT2D eigenvalue weighted by Crippen LogP contribution is 2.21. The van der Waals surface area contributed by atoms with Gasteiger partial charge in [0, 0.05) is 17.9 Å². The number of hydrogen-bond donors (Lipinski definition) is 1. The fraction of sp³-hybridized carbons (Fsp3) is 0.412. The monoisotopic (exact) mass is 285 g/mol. The third kappa shape index (κ3) is 3.32. The number of aromatic nitrogens is 2. The van der Waals surface area contributed by atoms with Crippen LogP contribution >= 0.6 is 0 Å². The van der Waals surface area contributed by atoms with Gasteiger partial charge in [-0.3, -0.25) is 9.48 Å². The van der Waals surface area contributed by atoms with Gasteiger partial charge in [0.1, 0.15) is 0 Å².